The lowest BCUT2D eigenvalue weighted by Crippen LogP contribution is -2.23. The maximum absolute atomic E-state index is 12.0. The Morgan fingerprint density at radius 2 is 2.10 bits per heavy atom. The van der Waals surface area contributed by atoms with Gasteiger partial charge in [0.15, 0.2) is 0 Å². The SMILES string of the molecule is CCNS(=O)(=O)c1ccc(N)c(NCc2ccsc2)c1. The van der Waals surface area contributed by atoms with Gasteiger partial charge in [-0.3, -0.25) is 0 Å². The van der Waals surface area contributed by atoms with Gasteiger partial charge in [-0.05, 0) is 40.6 Å². The maximum Gasteiger partial charge on any atom is 0.240 e. The van der Waals surface area contributed by atoms with E-state index in [1.54, 1.807) is 30.4 Å². The smallest absolute Gasteiger partial charge is 0.240 e. The van der Waals surface area contributed by atoms with Crippen LogP contribution >= 0.6 is 11.3 Å². The second kappa shape index (κ2) is 6.25. The van der Waals surface area contributed by atoms with Crippen LogP contribution in [0.5, 0.6) is 0 Å². The van der Waals surface area contributed by atoms with Crippen LogP contribution in [-0.4, -0.2) is 15.0 Å². The molecule has 4 N–H and O–H groups in total. The molecule has 1 aromatic carbocycles. The predicted octanol–water partition coefficient (Wildman–Crippen LogP) is 2.24. The molecule has 2 aromatic rings. The Morgan fingerprint density at radius 1 is 1.30 bits per heavy atom. The van der Waals surface area contributed by atoms with E-state index in [1.807, 2.05) is 16.8 Å². The highest BCUT2D eigenvalue weighted by Crippen LogP contribution is 2.23. The molecule has 0 saturated carbocycles. The number of hydrogen-bond acceptors (Lipinski definition) is 5. The normalized spacial score (nSPS) is 11.4. The number of hydrogen-bond donors (Lipinski definition) is 3. The largest absolute Gasteiger partial charge is 0.397 e. The summed E-state index contributed by atoms with van der Waals surface area (Å²) in [6, 6.07) is 6.66. The molecule has 108 valence electrons. The molecule has 0 aliphatic rings. The van der Waals surface area contributed by atoms with Crippen LogP contribution in [0.2, 0.25) is 0 Å². The number of anilines is 2. The van der Waals surface area contributed by atoms with Crippen LogP contribution in [0.4, 0.5) is 11.4 Å². The maximum atomic E-state index is 12.0. The Labute approximate surface area is 122 Å². The number of thiophene rings is 1. The molecule has 0 saturated heterocycles. The van der Waals surface area contributed by atoms with Crippen LogP contribution in [-0.2, 0) is 16.6 Å². The molecule has 2 rings (SSSR count). The van der Waals surface area contributed by atoms with Gasteiger partial charge in [-0.15, -0.1) is 0 Å². The van der Waals surface area contributed by atoms with Gasteiger partial charge >= 0.3 is 0 Å². The van der Waals surface area contributed by atoms with Gasteiger partial charge in [0.1, 0.15) is 0 Å². The van der Waals surface area contributed by atoms with Crippen molar-refractivity contribution < 1.29 is 8.42 Å². The van der Waals surface area contributed by atoms with Crippen molar-refractivity contribution in [2.75, 3.05) is 17.6 Å². The fourth-order valence-corrected chi connectivity index (χ4v) is 3.46. The second-order valence-corrected chi connectivity index (χ2v) is 6.78. The average Bonchev–Trinajstić information content (AvgIpc) is 2.90. The monoisotopic (exact) mass is 311 g/mol. The highest BCUT2D eigenvalue weighted by atomic mass is 32.2. The highest BCUT2D eigenvalue weighted by molar-refractivity contribution is 7.89. The number of rotatable bonds is 6. The van der Waals surface area contributed by atoms with Crippen LogP contribution in [0.15, 0.2) is 39.9 Å². The third-order valence-electron chi connectivity index (χ3n) is 2.73. The first-order valence-corrected chi connectivity index (χ1v) is 8.59. The Bertz CT molecular complexity index is 667. The topological polar surface area (TPSA) is 84.2 Å². The number of benzene rings is 1. The fraction of sp³-hybridized carbons (Fsp3) is 0.231. The van der Waals surface area contributed by atoms with E-state index in [4.69, 9.17) is 5.73 Å². The van der Waals surface area contributed by atoms with Crippen molar-refractivity contribution in [3.8, 4) is 0 Å². The molecule has 1 heterocycles. The molecule has 0 fully saturated rings. The minimum atomic E-state index is -3.47. The lowest BCUT2D eigenvalue weighted by Gasteiger charge is -2.11. The summed E-state index contributed by atoms with van der Waals surface area (Å²) in [5.74, 6) is 0. The minimum absolute atomic E-state index is 0.210. The van der Waals surface area contributed by atoms with Gasteiger partial charge in [0.05, 0.1) is 16.3 Å². The van der Waals surface area contributed by atoms with Gasteiger partial charge in [0, 0.05) is 13.1 Å². The van der Waals surface area contributed by atoms with Crippen LogP contribution in [0.1, 0.15) is 12.5 Å². The molecule has 0 amide bonds. The molecular formula is C13H17N3O2S2. The van der Waals surface area contributed by atoms with Crippen molar-refractivity contribution in [2.45, 2.75) is 18.4 Å². The summed E-state index contributed by atoms with van der Waals surface area (Å²) >= 11 is 1.62. The molecule has 5 nitrogen and oxygen atoms in total. The fourth-order valence-electron chi connectivity index (χ4n) is 1.72. The van der Waals surface area contributed by atoms with E-state index in [9.17, 15) is 8.42 Å². The second-order valence-electron chi connectivity index (χ2n) is 4.24. The molecule has 0 aliphatic carbocycles. The Kier molecular flexibility index (Phi) is 4.64. The van der Waals surface area contributed by atoms with E-state index in [1.165, 1.54) is 6.07 Å². The molecule has 0 atom stereocenters. The van der Waals surface area contributed by atoms with Crippen molar-refractivity contribution in [1.29, 1.82) is 0 Å². The molecule has 7 heteroatoms. The first kappa shape index (κ1) is 14.8. The van der Waals surface area contributed by atoms with E-state index >= 15 is 0 Å². The Hall–Kier alpha value is -1.57. The zero-order valence-electron chi connectivity index (χ0n) is 11.1. The highest BCUT2D eigenvalue weighted by Gasteiger charge is 2.14. The standard InChI is InChI=1S/C13H17N3O2S2/c1-2-16-20(17,18)11-3-4-12(14)13(7-11)15-8-10-5-6-19-9-10/h3-7,9,15-16H,2,8,14H2,1H3. The zero-order chi connectivity index (χ0) is 14.6. The summed E-state index contributed by atoms with van der Waals surface area (Å²) in [6.07, 6.45) is 0. The van der Waals surface area contributed by atoms with E-state index < -0.39 is 10.0 Å². The van der Waals surface area contributed by atoms with E-state index in [0.29, 0.717) is 24.5 Å². The van der Waals surface area contributed by atoms with E-state index in [0.717, 1.165) is 5.56 Å². The average molecular weight is 311 g/mol. The van der Waals surface area contributed by atoms with Crippen molar-refractivity contribution in [3.05, 3.63) is 40.6 Å². The minimum Gasteiger partial charge on any atom is -0.397 e. The van der Waals surface area contributed by atoms with Gasteiger partial charge in [-0.1, -0.05) is 6.92 Å². The van der Waals surface area contributed by atoms with E-state index in [-0.39, 0.29) is 4.90 Å². The van der Waals surface area contributed by atoms with Crippen LogP contribution in [0.3, 0.4) is 0 Å². The molecule has 20 heavy (non-hydrogen) atoms. The third kappa shape index (κ3) is 3.50. The van der Waals surface area contributed by atoms with E-state index in [2.05, 4.69) is 10.0 Å². The Morgan fingerprint density at radius 3 is 2.75 bits per heavy atom. The summed E-state index contributed by atoms with van der Waals surface area (Å²) in [5, 5.41) is 7.18. The van der Waals surface area contributed by atoms with Crippen molar-refractivity contribution in [3.63, 3.8) is 0 Å². The zero-order valence-corrected chi connectivity index (χ0v) is 12.7. The number of nitrogens with one attached hydrogen (secondary N) is 2. The van der Waals surface area contributed by atoms with Crippen molar-refractivity contribution >= 4 is 32.7 Å². The molecule has 0 unspecified atom stereocenters. The molecule has 0 aliphatic heterocycles. The Balaban J connectivity index is 2.20. The number of nitrogens with two attached hydrogens (primary N) is 1. The first-order chi connectivity index (χ1) is 9.53. The lowest BCUT2D eigenvalue weighted by atomic mass is 10.2. The summed E-state index contributed by atoms with van der Waals surface area (Å²) in [7, 11) is -3.47. The van der Waals surface area contributed by atoms with Crippen LogP contribution < -0.4 is 15.8 Å². The van der Waals surface area contributed by atoms with Crippen molar-refractivity contribution in [1.82, 2.24) is 4.72 Å². The number of nitrogen functional groups attached to an aromatic ring is 1. The first-order valence-electron chi connectivity index (χ1n) is 6.17. The number of sulfonamides is 1. The molecule has 0 radical (unpaired) electrons. The predicted molar refractivity (Wildman–Crippen MR) is 83.4 cm³/mol. The molecule has 0 bridgehead atoms. The van der Waals surface area contributed by atoms with Gasteiger partial charge in [0.25, 0.3) is 0 Å². The van der Waals surface area contributed by atoms with Crippen molar-refractivity contribution in [2.24, 2.45) is 0 Å². The van der Waals surface area contributed by atoms with Crippen LogP contribution in [0, 0.1) is 0 Å². The van der Waals surface area contributed by atoms with Crippen LogP contribution in [0.25, 0.3) is 0 Å². The third-order valence-corrected chi connectivity index (χ3v) is 5.01. The summed E-state index contributed by atoms with van der Waals surface area (Å²) in [5.41, 5.74) is 8.15. The summed E-state index contributed by atoms with van der Waals surface area (Å²) in [6.45, 7) is 2.70. The van der Waals surface area contributed by atoms with Gasteiger partial charge in [-0.2, -0.15) is 11.3 Å². The van der Waals surface area contributed by atoms with Gasteiger partial charge < -0.3 is 11.1 Å². The quantitative estimate of drug-likeness (QED) is 0.714. The summed E-state index contributed by atoms with van der Waals surface area (Å²) < 4.78 is 26.4. The molecule has 0 spiro atoms. The molecular weight excluding hydrogens is 294 g/mol. The molecule has 1 aromatic heterocycles. The van der Waals surface area contributed by atoms with Gasteiger partial charge in [-0.25, -0.2) is 13.1 Å². The lowest BCUT2D eigenvalue weighted by molar-refractivity contribution is 0.584. The summed E-state index contributed by atoms with van der Waals surface area (Å²) in [4.78, 5) is 0.210. The van der Waals surface area contributed by atoms with Gasteiger partial charge in [0.2, 0.25) is 10.0 Å².